The molecule has 0 fully saturated rings. The lowest BCUT2D eigenvalue weighted by molar-refractivity contribution is 0.901. The second-order valence-corrected chi connectivity index (χ2v) is 7.43. The molecule has 3 heteroatoms. The molecule has 1 unspecified atom stereocenters. The molecule has 1 aromatic rings. The van der Waals surface area contributed by atoms with E-state index in [1.165, 1.54) is 26.1 Å². The Morgan fingerprint density at radius 3 is 2.62 bits per heavy atom. The van der Waals surface area contributed by atoms with E-state index < -0.39 is 0 Å². The lowest BCUT2D eigenvalue weighted by Gasteiger charge is -2.17. The first-order chi connectivity index (χ1) is 5.96. The second kappa shape index (κ2) is 3.07. The standard InChI is InChI=1S/C10H10BrIS/c1-5-6(2)10(3,12)9-8(5)7(11)4-13-9/h4H,1-3H3. The zero-order valence-electron chi connectivity index (χ0n) is 7.74. The number of rotatable bonds is 0. The number of alkyl halides is 1. The molecule has 0 saturated heterocycles. The molecule has 1 atom stereocenters. The van der Waals surface area contributed by atoms with Crippen LogP contribution in [0.5, 0.6) is 0 Å². The van der Waals surface area contributed by atoms with Gasteiger partial charge in [-0.1, -0.05) is 22.6 Å². The summed E-state index contributed by atoms with van der Waals surface area (Å²) >= 11 is 8.01. The Morgan fingerprint density at radius 1 is 1.46 bits per heavy atom. The first-order valence-corrected chi connectivity index (χ1v) is 6.86. The van der Waals surface area contributed by atoms with Gasteiger partial charge < -0.3 is 0 Å². The first-order valence-electron chi connectivity index (χ1n) is 4.11. The summed E-state index contributed by atoms with van der Waals surface area (Å²) in [5, 5.41) is 2.19. The topological polar surface area (TPSA) is 0 Å². The van der Waals surface area contributed by atoms with Crippen LogP contribution in [0.1, 0.15) is 31.2 Å². The van der Waals surface area contributed by atoms with Gasteiger partial charge in [0.25, 0.3) is 0 Å². The summed E-state index contributed by atoms with van der Waals surface area (Å²) in [5.74, 6) is 0. The van der Waals surface area contributed by atoms with Gasteiger partial charge in [0.05, 0.1) is 3.42 Å². The first kappa shape index (κ1) is 10.2. The van der Waals surface area contributed by atoms with Gasteiger partial charge in [0.1, 0.15) is 0 Å². The van der Waals surface area contributed by atoms with Crippen molar-refractivity contribution >= 4 is 55.4 Å². The van der Waals surface area contributed by atoms with Crippen molar-refractivity contribution in [2.24, 2.45) is 0 Å². The average molecular weight is 369 g/mol. The van der Waals surface area contributed by atoms with Crippen LogP contribution in [0.4, 0.5) is 0 Å². The van der Waals surface area contributed by atoms with Gasteiger partial charge in [0.2, 0.25) is 0 Å². The number of thiophene rings is 1. The molecule has 1 aliphatic rings. The highest BCUT2D eigenvalue weighted by molar-refractivity contribution is 14.1. The van der Waals surface area contributed by atoms with E-state index in [-0.39, 0.29) is 3.42 Å². The quantitative estimate of drug-likeness (QED) is 0.448. The average Bonchev–Trinajstić information content (AvgIpc) is 2.50. The third kappa shape index (κ3) is 1.27. The SMILES string of the molecule is CC1=C(C)C(C)(I)c2scc(Br)c21. The van der Waals surface area contributed by atoms with Crippen LogP contribution < -0.4 is 0 Å². The van der Waals surface area contributed by atoms with Gasteiger partial charge >= 0.3 is 0 Å². The Balaban J connectivity index is 2.76. The fraction of sp³-hybridized carbons (Fsp3) is 0.400. The van der Waals surface area contributed by atoms with Crippen LogP contribution in [-0.2, 0) is 3.42 Å². The van der Waals surface area contributed by atoms with E-state index in [2.05, 4.69) is 64.7 Å². The van der Waals surface area contributed by atoms with E-state index in [9.17, 15) is 0 Å². The molecule has 0 nitrogen and oxygen atoms in total. The lowest BCUT2D eigenvalue weighted by Crippen LogP contribution is -2.08. The lowest BCUT2D eigenvalue weighted by atomic mass is 10.1. The van der Waals surface area contributed by atoms with Gasteiger partial charge in [0, 0.05) is 20.3 Å². The second-order valence-electron chi connectivity index (χ2n) is 3.54. The van der Waals surface area contributed by atoms with Crippen molar-refractivity contribution in [1.82, 2.24) is 0 Å². The molecule has 1 aliphatic carbocycles. The van der Waals surface area contributed by atoms with Crippen LogP contribution in [0.15, 0.2) is 15.4 Å². The van der Waals surface area contributed by atoms with E-state index in [4.69, 9.17) is 0 Å². The Kier molecular flexibility index (Phi) is 2.40. The van der Waals surface area contributed by atoms with Crippen molar-refractivity contribution in [3.63, 3.8) is 0 Å². The number of hydrogen-bond donors (Lipinski definition) is 0. The predicted molar refractivity (Wildman–Crippen MR) is 71.7 cm³/mol. The molecular weight excluding hydrogens is 359 g/mol. The third-order valence-corrected chi connectivity index (χ3v) is 6.66. The van der Waals surface area contributed by atoms with Gasteiger partial charge in [-0.3, -0.25) is 0 Å². The molecule has 70 valence electrons. The monoisotopic (exact) mass is 368 g/mol. The summed E-state index contributed by atoms with van der Waals surface area (Å²) in [6.07, 6.45) is 0. The Hall–Kier alpha value is 0.650. The van der Waals surface area contributed by atoms with Crippen molar-refractivity contribution in [3.8, 4) is 0 Å². The Labute approximate surface area is 105 Å². The highest BCUT2D eigenvalue weighted by Gasteiger charge is 2.37. The maximum atomic E-state index is 3.61. The summed E-state index contributed by atoms with van der Waals surface area (Å²) in [5.41, 5.74) is 4.37. The van der Waals surface area contributed by atoms with Crippen LogP contribution in [-0.4, -0.2) is 0 Å². The number of fused-ring (bicyclic) bond motifs is 1. The van der Waals surface area contributed by atoms with E-state index in [0.717, 1.165) is 0 Å². The zero-order chi connectivity index (χ0) is 9.80. The van der Waals surface area contributed by atoms with E-state index in [1.54, 1.807) is 0 Å². The van der Waals surface area contributed by atoms with Gasteiger partial charge in [-0.2, -0.15) is 0 Å². The highest BCUT2D eigenvalue weighted by Crippen LogP contribution is 2.54. The minimum Gasteiger partial charge on any atom is -0.145 e. The minimum atomic E-state index is 0.216. The summed E-state index contributed by atoms with van der Waals surface area (Å²) in [6.45, 7) is 6.75. The maximum absolute atomic E-state index is 3.61. The van der Waals surface area contributed by atoms with Crippen LogP contribution >= 0.6 is 49.9 Å². The van der Waals surface area contributed by atoms with Gasteiger partial charge in [-0.25, -0.2) is 0 Å². The highest BCUT2D eigenvalue weighted by atomic mass is 127. The Bertz CT molecular complexity index is 401. The smallest absolute Gasteiger partial charge is 0.0753 e. The summed E-state index contributed by atoms with van der Waals surface area (Å²) in [4.78, 5) is 1.50. The molecule has 0 aliphatic heterocycles. The molecule has 13 heavy (non-hydrogen) atoms. The predicted octanol–water partition coefficient (Wildman–Crippen LogP) is 4.97. The van der Waals surface area contributed by atoms with Gasteiger partial charge in [-0.05, 0) is 47.8 Å². The normalized spacial score (nSPS) is 26.8. The molecule has 1 aromatic heterocycles. The van der Waals surface area contributed by atoms with Crippen molar-refractivity contribution in [1.29, 1.82) is 0 Å². The zero-order valence-corrected chi connectivity index (χ0v) is 12.3. The fourth-order valence-corrected chi connectivity index (χ4v) is 4.80. The molecule has 0 bridgehead atoms. The van der Waals surface area contributed by atoms with Crippen LogP contribution in [0.2, 0.25) is 0 Å². The van der Waals surface area contributed by atoms with E-state index in [0.29, 0.717) is 0 Å². The largest absolute Gasteiger partial charge is 0.145 e. The number of hydrogen-bond acceptors (Lipinski definition) is 1. The molecule has 1 heterocycles. The third-order valence-electron chi connectivity index (χ3n) is 2.81. The molecule has 0 aromatic carbocycles. The van der Waals surface area contributed by atoms with Crippen molar-refractivity contribution in [2.75, 3.05) is 0 Å². The summed E-state index contributed by atoms with van der Waals surface area (Å²) in [6, 6.07) is 0. The molecular formula is C10H10BrIS. The summed E-state index contributed by atoms with van der Waals surface area (Å²) < 4.78 is 1.47. The van der Waals surface area contributed by atoms with Crippen LogP contribution in [0, 0.1) is 0 Å². The van der Waals surface area contributed by atoms with Gasteiger partial charge in [-0.15, -0.1) is 11.3 Å². The van der Waals surface area contributed by atoms with Crippen molar-refractivity contribution in [2.45, 2.75) is 24.2 Å². The number of halogens is 2. The molecule has 0 amide bonds. The molecule has 2 rings (SSSR count). The maximum Gasteiger partial charge on any atom is 0.0753 e. The molecule has 0 spiro atoms. The summed E-state index contributed by atoms with van der Waals surface area (Å²) in [7, 11) is 0. The van der Waals surface area contributed by atoms with E-state index in [1.807, 2.05) is 11.3 Å². The molecule has 0 saturated carbocycles. The molecule has 0 N–H and O–H groups in total. The van der Waals surface area contributed by atoms with Crippen LogP contribution in [0.25, 0.3) is 5.57 Å². The van der Waals surface area contributed by atoms with Gasteiger partial charge in [0.15, 0.2) is 0 Å². The fourth-order valence-electron chi connectivity index (χ4n) is 1.74. The van der Waals surface area contributed by atoms with Crippen LogP contribution in [0.3, 0.4) is 0 Å². The van der Waals surface area contributed by atoms with Crippen molar-refractivity contribution < 1.29 is 0 Å². The van der Waals surface area contributed by atoms with E-state index >= 15 is 0 Å². The number of allylic oxidation sites excluding steroid dienone is 2. The minimum absolute atomic E-state index is 0.216. The Morgan fingerprint density at radius 2 is 2.08 bits per heavy atom. The molecule has 0 radical (unpaired) electrons. The van der Waals surface area contributed by atoms with Crippen molar-refractivity contribution in [3.05, 3.63) is 25.9 Å².